The molecule has 0 radical (unpaired) electrons. The SMILES string of the molecule is CC(=O)N(C)Cc1cccc(NC(=O)C2(C)CCCN2)c1. The van der Waals surface area contributed by atoms with E-state index < -0.39 is 5.54 Å². The van der Waals surface area contributed by atoms with Crippen LogP contribution in [0.4, 0.5) is 5.69 Å². The summed E-state index contributed by atoms with van der Waals surface area (Å²) in [4.78, 5) is 25.3. The molecule has 0 aliphatic carbocycles. The molecule has 5 heteroatoms. The largest absolute Gasteiger partial charge is 0.342 e. The van der Waals surface area contributed by atoms with Gasteiger partial charge in [-0.05, 0) is 44.0 Å². The smallest absolute Gasteiger partial charge is 0.244 e. The van der Waals surface area contributed by atoms with E-state index in [-0.39, 0.29) is 11.8 Å². The zero-order valence-electron chi connectivity index (χ0n) is 12.9. The van der Waals surface area contributed by atoms with Gasteiger partial charge in [0.15, 0.2) is 0 Å². The highest BCUT2D eigenvalue weighted by molar-refractivity contribution is 5.98. The van der Waals surface area contributed by atoms with Crippen LogP contribution in [0.1, 0.15) is 32.3 Å². The minimum atomic E-state index is -0.480. The lowest BCUT2D eigenvalue weighted by Crippen LogP contribution is -2.47. The molecule has 2 amide bonds. The lowest BCUT2D eigenvalue weighted by molar-refractivity contribution is -0.128. The second-order valence-corrected chi connectivity index (χ2v) is 5.89. The fourth-order valence-electron chi connectivity index (χ4n) is 2.49. The molecule has 1 unspecified atom stereocenters. The number of rotatable bonds is 4. The van der Waals surface area contributed by atoms with Crippen LogP contribution in [-0.4, -0.2) is 35.8 Å². The van der Waals surface area contributed by atoms with Gasteiger partial charge in [-0.25, -0.2) is 0 Å². The van der Waals surface area contributed by atoms with Crippen LogP contribution in [0.3, 0.4) is 0 Å². The fourth-order valence-corrected chi connectivity index (χ4v) is 2.49. The topological polar surface area (TPSA) is 61.4 Å². The van der Waals surface area contributed by atoms with Crippen molar-refractivity contribution in [2.75, 3.05) is 18.9 Å². The minimum Gasteiger partial charge on any atom is -0.342 e. The van der Waals surface area contributed by atoms with E-state index in [0.29, 0.717) is 6.54 Å². The predicted molar refractivity (Wildman–Crippen MR) is 82.9 cm³/mol. The molecule has 1 atom stereocenters. The molecule has 0 bridgehead atoms. The summed E-state index contributed by atoms with van der Waals surface area (Å²) < 4.78 is 0. The molecular weight excluding hydrogens is 266 g/mol. The van der Waals surface area contributed by atoms with Gasteiger partial charge in [0.2, 0.25) is 11.8 Å². The van der Waals surface area contributed by atoms with Crippen molar-refractivity contribution in [3.63, 3.8) is 0 Å². The van der Waals surface area contributed by atoms with Crippen molar-refractivity contribution >= 4 is 17.5 Å². The van der Waals surface area contributed by atoms with Crippen molar-refractivity contribution in [2.24, 2.45) is 0 Å². The van der Waals surface area contributed by atoms with Crippen molar-refractivity contribution in [1.29, 1.82) is 0 Å². The van der Waals surface area contributed by atoms with Crippen LogP contribution in [0, 0.1) is 0 Å². The van der Waals surface area contributed by atoms with Gasteiger partial charge in [0.05, 0.1) is 5.54 Å². The highest BCUT2D eigenvalue weighted by Crippen LogP contribution is 2.21. The number of anilines is 1. The van der Waals surface area contributed by atoms with Gasteiger partial charge < -0.3 is 15.5 Å². The minimum absolute atomic E-state index is 0.00271. The van der Waals surface area contributed by atoms with Gasteiger partial charge in [-0.2, -0.15) is 0 Å². The fraction of sp³-hybridized carbons (Fsp3) is 0.500. The van der Waals surface area contributed by atoms with Gasteiger partial charge in [0, 0.05) is 26.2 Å². The van der Waals surface area contributed by atoms with Crippen molar-refractivity contribution in [1.82, 2.24) is 10.2 Å². The standard InChI is InChI=1S/C16H23N3O2/c1-12(20)19(3)11-13-6-4-7-14(10-13)18-15(21)16(2)8-5-9-17-16/h4,6-7,10,17H,5,8-9,11H2,1-3H3,(H,18,21). The Morgan fingerprint density at radius 1 is 1.43 bits per heavy atom. The first-order chi connectivity index (χ1) is 9.90. The Labute approximate surface area is 125 Å². The van der Waals surface area contributed by atoms with E-state index >= 15 is 0 Å². The summed E-state index contributed by atoms with van der Waals surface area (Å²) in [5.74, 6) is 0.0178. The van der Waals surface area contributed by atoms with Crippen molar-refractivity contribution in [3.05, 3.63) is 29.8 Å². The van der Waals surface area contributed by atoms with Crippen LogP contribution < -0.4 is 10.6 Å². The molecule has 114 valence electrons. The molecule has 0 saturated carbocycles. The molecule has 1 saturated heterocycles. The van der Waals surface area contributed by atoms with Gasteiger partial charge in [0.25, 0.3) is 0 Å². The van der Waals surface area contributed by atoms with Crippen LogP contribution in [0.5, 0.6) is 0 Å². The lowest BCUT2D eigenvalue weighted by atomic mass is 9.99. The summed E-state index contributed by atoms with van der Waals surface area (Å²) in [5.41, 5.74) is 1.28. The summed E-state index contributed by atoms with van der Waals surface area (Å²) in [7, 11) is 1.76. The highest BCUT2D eigenvalue weighted by atomic mass is 16.2. The van der Waals surface area contributed by atoms with Gasteiger partial charge in [-0.15, -0.1) is 0 Å². The average molecular weight is 289 g/mol. The molecule has 1 aliphatic rings. The monoisotopic (exact) mass is 289 g/mol. The maximum Gasteiger partial charge on any atom is 0.244 e. The third-order valence-electron chi connectivity index (χ3n) is 4.01. The molecular formula is C16H23N3O2. The molecule has 1 heterocycles. The number of carbonyl (C=O) groups is 2. The van der Waals surface area contributed by atoms with Gasteiger partial charge in [-0.1, -0.05) is 12.1 Å². The molecule has 0 spiro atoms. The summed E-state index contributed by atoms with van der Waals surface area (Å²) >= 11 is 0. The first-order valence-corrected chi connectivity index (χ1v) is 7.28. The van der Waals surface area contributed by atoms with Crippen LogP contribution in [0.25, 0.3) is 0 Å². The molecule has 0 aromatic heterocycles. The van der Waals surface area contributed by atoms with Crippen LogP contribution >= 0.6 is 0 Å². The van der Waals surface area contributed by atoms with Gasteiger partial charge >= 0.3 is 0 Å². The first kappa shape index (κ1) is 15.5. The third-order valence-corrected chi connectivity index (χ3v) is 4.01. The highest BCUT2D eigenvalue weighted by Gasteiger charge is 2.35. The zero-order chi connectivity index (χ0) is 15.5. The molecule has 1 aromatic carbocycles. The zero-order valence-corrected chi connectivity index (χ0v) is 12.9. The van der Waals surface area contributed by atoms with E-state index in [1.54, 1.807) is 11.9 Å². The number of hydrogen-bond donors (Lipinski definition) is 2. The van der Waals surface area contributed by atoms with E-state index in [1.165, 1.54) is 6.92 Å². The Bertz CT molecular complexity index is 536. The Balaban J connectivity index is 2.04. The van der Waals surface area contributed by atoms with Crippen molar-refractivity contribution in [3.8, 4) is 0 Å². The molecule has 21 heavy (non-hydrogen) atoms. The molecule has 2 rings (SSSR count). The van der Waals surface area contributed by atoms with E-state index in [9.17, 15) is 9.59 Å². The number of benzene rings is 1. The van der Waals surface area contributed by atoms with Crippen LogP contribution in [0.15, 0.2) is 24.3 Å². The Hall–Kier alpha value is -1.88. The Morgan fingerprint density at radius 3 is 2.81 bits per heavy atom. The lowest BCUT2D eigenvalue weighted by Gasteiger charge is -2.23. The number of nitrogens with one attached hydrogen (secondary N) is 2. The quantitative estimate of drug-likeness (QED) is 0.887. The molecule has 1 aromatic rings. The normalized spacial score (nSPS) is 21.1. The summed E-state index contributed by atoms with van der Waals surface area (Å²) in [6.45, 7) is 4.89. The molecule has 5 nitrogen and oxygen atoms in total. The number of carbonyl (C=O) groups excluding carboxylic acids is 2. The van der Waals surface area contributed by atoms with Crippen molar-refractivity contribution < 1.29 is 9.59 Å². The van der Waals surface area contributed by atoms with Gasteiger partial charge in [-0.3, -0.25) is 9.59 Å². The number of amides is 2. The second-order valence-electron chi connectivity index (χ2n) is 5.89. The number of hydrogen-bond acceptors (Lipinski definition) is 3. The maximum atomic E-state index is 12.3. The van der Waals surface area contributed by atoms with E-state index in [2.05, 4.69) is 10.6 Å². The summed E-state index contributed by atoms with van der Waals surface area (Å²) in [6.07, 6.45) is 1.87. The van der Waals surface area contributed by atoms with Gasteiger partial charge in [0.1, 0.15) is 0 Å². The maximum absolute atomic E-state index is 12.3. The van der Waals surface area contributed by atoms with Crippen LogP contribution in [-0.2, 0) is 16.1 Å². The van der Waals surface area contributed by atoms with E-state index in [4.69, 9.17) is 0 Å². The molecule has 1 fully saturated rings. The predicted octanol–water partition coefficient (Wildman–Crippen LogP) is 1.75. The number of nitrogens with zero attached hydrogens (tertiary/aromatic N) is 1. The van der Waals surface area contributed by atoms with Crippen LogP contribution in [0.2, 0.25) is 0 Å². The second kappa shape index (κ2) is 6.26. The van der Waals surface area contributed by atoms with Crippen molar-refractivity contribution in [2.45, 2.75) is 38.8 Å². The average Bonchev–Trinajstić information content (AvgIpc) is 2.87. The van der Waals surface area contributed by atoms with E-state index in [0.717, 1.165) is 30.6 Å². The Kier molecular flexibility index (Phi) is 4.63. The third kappa shape index (κ3) is 3.82. The molecule has 1 aliphatic heterocycles. The van der Waals surface area contributed by atoms with E-state index in [1.807, 2.05) is 31.2 Å². The molecule has 2 N–H and O–H groups in total. The summed E-state index contributed by atoms with van der Waals surface area (Å²) in [5, 5.41) is 6.21. The Morgan fingerprint density at radius 2 is 2.19 bits per heavy atom. The summed E-state index contributed by atoms with van der Waals surface area (Å²) in [6, 6.07) is 7.62. The first-order valence-electron chi connectivity index (χ1n) is 7.28.